The summed E-state index contributed by atoms with van der Waals surface area (Å²) in [6.07, 6.45) is -2.89. The maximum atomic E-state index is 13.3. The van der Waals surface area contributed by atoms with Gasteiger partial charge in [-0.1, -0.05) is 12.1 Å². The number of nitrogen functional groups attached to an aromatic ring is 2. The van der Waals surface area contributed by atoms with Crippen LogP contribution in [0.2, 0.25) is 0 Å². The Labute approximate surface area is 157 Å². The number of nitrogens with two attached hydrogens (primary N) is 2. The lowest BCUT2D eigenvalue weighted by molar-refractivity contribution is -0.138. The molecule has 1 aliphatic rings. The lowest BCUT2D eigenvalue weighted by atomic mass is 9.92. The third kappa shape index (κ3) is 3.10. The van der Waals surface area contributed by atoms with Crippen LogP contribution in [0.3, 0.4) is 0 Å². The summed E-state index contributed by atoms with van der Waals surface area (Å²) in [5.41, 5.74) is 11.2. The highest BCUT2D eigenvalue weighted by Crippen LogP contribution is 2.42. The number of rotatable bonds is 1. The summed E-state index contributed by atoms with van der Waals surface area (Å²) in [4.78, 5) is 8.29. The van der Waals surface area contributed by atoms with Gasteiger partial charge in [-0.25, -0.2) is 9.98 Å². The van der Waals surface area contributed by atoms with Crippen LogP contribution in [0.5, 0.6) is 0 Å². The number of aromatic nitrogens is 1. The van der Waals surface area contributed by atoms with Gasteiger partial charge in [0, 0.05) is 5.56 Å². The molecule has 0 aliphatic carbocycles. The van der Waals surface area contributed by atoms with Gasteiger partial charge in [0.1, 0.15) is 29.3 Å². The first-order valence-corrected chi connectivity index (χ1v) is 7.84. The van der Waals surface area contributed by atoms with Crippen molar-refractivity contribution in [2.45, 2.75) is 19.1 Å². The highest BCUT2D eigenvalue weighted by atomic mass is 19.4. The van der Waals surface area contributed by atoms with Crippen molar-refractivity contribution in [2.75, 3.05) is 16.8 Å². The number of pyridine rings is 1. The molecule has 1 atom stereocenters. The van der Waals surface area contributed by atoms with Crippen LogP contribution in [0.1, 0.15) is 33.9 Å². The number of aryl methyl sites for hydroxylation is 1. The monoisotopic (exact) mass is 386 g/mol. The third-order valence-corrected chi connectivity index (χ3v) is 4.24. The smallest absolute Gasteiger partial charge is 0.397 e. The normalized spacial score (nSPS) is 15.5. The molecule has 142 valence electrons. The van der Waals surface area contributed by atoms with Gasteiger partial charge in [0.15, 0.2) is 6.19 Å². The van der Waals surface area contributed by atoms with Crippen molar-refractivity contribution in [3.63, 3.8) is 0 Å². The Bertz CT molecular complexity index is 1080. The number of anilines is 3. The summed E-state index contributed by atoms with van der Waals surface area (Å²) >= 11 is 0. The zero-order chi connectivity index (χ0) is 20.6. The van der Waals surface area contributed by atoms with Crippen LogP contribution >= 0.6 is 0 Å². The van der Waals surface area contributed by atoms with Crippen LogP contribution in [-0.4, -0.2) is 10.9 Å². The second kappa shape index (κ2) is 6.63. The van der Waals surface area contributed by atoms with Gasteiger partial charge in [-0.2, -0.15) is 23.7 Å². The van der Waals surface area contributed by atoms with Gasteiger partial charge in [0.25, 0.3) is 0 Å². The number of nitrogens with zero attached hydrogens (tertiary/aromatic N) is 4. The number of guanidine groups is 1. The molecule has 11 heteroatoms. The van der Waals surface area contributed by atoms with E-state index in [9.17, 15) is 18.4 Å². The van der Waals surface area contributed by atoms with Crippen molar-refractivity contribution in [1.82, 2.24) is 10.3 Å². The first kappa shape index (κ1) is 18.8. The van der Waals surface area contributed by atoms with Crippen LogP contribution in [0.15, 0.2) is 23.2 Å². The van der Waals surface area contributed by atoms with E-state index >= 15 is 0 Å². The molecule has 0 amide bonds. The average molecular weight is 386 g/mol. The zero-order valence-electron chi connectivity index (χ0n) is 14.4. The van der Waals surface area contributed by atoms with Crippen LogP contribution in [-0.2, 0) is 6.18 Å². The molecule has 0 bridgehead atoms. The number of hydrogen-bond acceptors (Lipinski definition) is 8. The Hall–Kier alpha value is -3.99. The Balaban J connectivity index is 2.27. The predicted molar refractivity (Wildman–Crippen MR) is 95.6 cm³/mol. The van der Waals surface area contributed by atoms with Gasteiger partial charge in [0.05, 0.1) is 11.3 Å². The average Bonchev–Trinajstić information content (AvgIpc) is 2.61. The molecule has 0 fully saturated rings. The summed E-state index contributed by atoms with van der Waals surface area (Å²) in [6.45, 7) is 1.35. The molecule has 1 aromatic heterocycles. The van der Waals surface area contributed by atoms with Crippen LogP contribution in [0.4, 0.5) is 30.5 Å². The van der Waals surface area contributed by atoms with E-state index in [1.165, 1.54) is 19.1 Å². The Kier molecular flexibility index (Phi) is 4.45. The van der Waals surface area contributed by atoms with Crippen LogP contribution in [0, 0.1) is 29.7 Å². The van der Waals surface area contributed by atoms with E-state index in [1.54, 1.807) is 6.19 Å². The van der Waals surface area contributed by atoms with Crippen molar-refractivity contribution >= 4 is 23.3 Å². The maximum absolute atomic E-state index is 13.3. The van der Waals surface area contributed by atoms with Gasteiger partial charge in [-0.05, 0) is 24.1 Å². The van der Waals surface area contributed by atoms with Crippen molar-refractivity contribution < 1.29 is 13.2 Å². The number of nitriles is 2. The molecule has 3 rings (SSSR count). The summed E-state index contributed by atoms with van der Waals surface area (Å²) in [5.74, 6) is -0.0888. The zero-order valence-corrected chi connectivity index (χ0v) is 14.4. The molecule has 1 aromatic carbocycles. The van der Waals surface area contributed by atoms with Gasteiger partial charge >= 0.3 is 6.18 Å². The highest BCUT2D eigenvalue weighted by molar-refractivity contribution is 5.98. The number of aliphatic imine (C=N–C) groups is 1. The van der Waals surface area contributed by atoms with Gasteiger partial charge in [-0.3, -0.25) is 5.32 Å². The molecule has 0 saturated heterocycles. The fourth-order valence-electron chi connectivity index (χ4n) is 2.94. The van der Waals surface area contributed by atoms with E-state index in [-0.39, 0.29) is 45.5 Å². The molecule has 1 unspecified atom stereocenters. The summed E-state index contributed by atoms with van der Waals surface area (Å²) in [7, 11) is 0. The summed E-state index contributed by atoms with van der Waals surface area (Å²) in [5, 5.41) is 23.1. The Morgan fingerprint density at radius 2 is 1.96 bits per heavy atom. The molecular weight excluding hydrogens is 373 g/mol. The van der Waals surface area contributed by atoms with Crippen LogP contribution < -0.4 is 22.1 Å². The molecule has 2 heterocycles. The lowest BCUT2D eigenvalue weighted by Crippen LogP contribution is -2.32. The number of benzene rings is 1. The quantitative estimate of drug-likeness (QED) is 0.434. The van der Waals surface area contributed by atoms with Gasteiger partial charge < -0.3 is 16.8 Å². The topological polar surface area (TPSA) is 149 Å². The second-order valence-corrected chi connectivity index (χ2v) is 5.97. The van der Waals surface area contributed by atoms with E-state index in [4.69, 9.17) is 16.7 Å². The predicted octanol–water partition coefficient (Wildman–Crippen LogP) is 2.39. The molecule has 0 radical (unpaired) electrons. The minimum atomic E-state index is -4.56. The molecule has 6 N–H and O–H groups in total. The first-order chi connectivity index (χ1) is 13.2. The van der Waals surface area contributed by atoms with Crippen molar-refractivity contribution in [3.8, 4) is 12.3 Å². The van der Waals surface area contributed by atoms with Crippen molar-refractivity contribution in [2.24, 2.45) is 4.99 Å². The van der Waals surface area contributed by atoms with E-state index < -0.39 is 17.8 Å². The fraction of sp³-hybridized carbons (Fsp3) is 0.176. The summed E-state index contributed by atoms with van der Waals surface area (Å²) in [6, 6.07) is 4.55. The Morgan fingerprint density at radius 1 is 1.25 bits per heavy atom. The van der Waals surface area contributed by atoms with E-state index in [2.05, 4.69) is 20.6 Å². The molecule has 8 nitrogen and oxygen atoms in total. The number of hydrogen-bond donors (Lipinski definition) is 4. The van der Waals surface area contributed by atoms with Gasteiger partial charge in [0.2, 0.25) is 5.96 Å². The Morgan fingerprint density at radius 3 is 2.57 bits per heavy atom. The molecule has 28 heavy (non-hydrogen) atoms. The van der Waals surface area contributed by atoms with E-state index in [0.29, 0.717) is 0 Å². The lowest BCUT2D eigenvalue weighted by Gasteiger charge is -2.26. The number of nitrogens with one attached hydrogen (secondary N) is 2. The standard InChI is InChI=1S/C17H13F3N8/c1-7-2-3-8(4-10(7)17(18,19)20)13-11-12(23)9(5-21)14(24)27-15(11)28-16(26-13)25-6-22/h2-4,13H,1H3,(H6,23,24,25,26,27,28). The molecular formula is C17H13F3N8. The minimum Gasteiger partial charge on any atom is -0.397 e. The third-order valence-electron chi connectivity index (χ3n) is 4.24. The molecule has 1 aliphatic heterocycles. The molecule has 0 spiro atoms. The fourth-order valence-corrected chi connectivity index (χ4v) is 2.94. The minimum absolute atomic E-state index is 0.0369. The molecule has 0 saturated carbocycles. The summed E-state index contributed by atoms with van der Waals surface area (Å²) < 4.78 is 40.0. The van der Waals surface area contributed by atoms with E-state index in [1.807, 2.05) is 6.07 Å². The van der Waals surface area contributed by atoms with Crippen LogP contribution in [0.25, 0.3) is 0 Å². The van der Waals surface area contributed by atoms with Gasteiger partial charge in [-0.15, -0.1) is 0 Å². The van der Waals surface area contributed by atoms with E-state index in [0.717, 1.165) is 6.07 Å². The van der Waals surface area contributed by atoms with Crippen molar-refractivity contribution in [3.05, 3.63) is 46.0 Å². The number of fused-ring (bicyclic) bond motifs is 1. The highest BCUT2D eigenvalue weighted by Gasteiger charge is 2.35. The number of alkyl halides is 3. The SMILES string of the molecule is Cc1ccc(C2N=C(NC#N)Nc3nc(N)c(C#N)c(N)c32)cc1C(F)(F)F. The van der Waals surface area contributed by atoms with Crippen molar-refractivity contribution in [1.29, 1.82) is 10.5 Å². The second-order valence-electron chi connectivity index (χ2n) is 5.97. The first-order valence-electron chi connectivity index (χ1n) is 7.84. The molecule has 2 aromatic rings. The number of halogens is 3. The maximum Gasteiger partial charge on any atom is 0.416 e. The largest absolute Gasteiger partial charge is 0.416 e.